The third-order valence-electron chi connectivity index (χ3n) is 4.34. The Bertz CT molecular complexity index is 495. The van der Waals surface area contributed by atoms with Crippen LogP contribution in [0.4, 0.5) is 0 Å². The lowest BCUT2D eigenvalue weighted by atomic mass is 9.83. The van der Waals surface area contributed by atoms with Crippen LogP contribution in [-0.2, 0) is 14.3 Å². The van der Waals surface area contributed by atoms with Gasteiger partial charge in [0.25, 0.3) is 5.91 Å². The average molecular weight is 333 g/mol. The summed E-state index contributed by atoms with van der Waals surface area (Å²) in [4.78, 5) is 23.7. The molecule has 1 atom stereocenters. The molecule has 0 aliphatic heterocycles. The van der Waals surface area contributed by atoms with Crippen LogP contribution in [0.15, 0.2) is 0 Å². The summed E-state index contributed by atoms with van der Waals surface area (Å²) in [5.41, 5.74) is -1.78. The number of nitriles is 1. The van der Waals surface area contributed by atoms with E-state index < -0.39 is 33.8 Å². The molecule has 1 amide bonds. The summed E-state index contributed by atoms with van der Waals surface area (Å²) in [6, 6.07) is 2.18. The summed E-state index contributed by atoms with van der Waals surface area (Å²) in [5.74, 6) is -1.05. The molecule has 2 aliphatic rings. The smallest absolute Gasteiger partial charge is 0.315 e. The number of alkyl halides is 2. The van der Waals surface area contributed by atoms with E-state index in [0.717, 1.165) is 19.3 Å². The number of amides is 1. The molecule has 5 nitrogen and oxygen atoms in total. The number of halogens is 2. The van der Waals surface area contributed by atoms with Crippen LogP contribution in [0.3, 0.4) is 0 Å². The van der Waals surface area contributed by atoms with E-state index in [0.29, 0.717) is 19.3 Å². The fourth-order valence-electron chi connectivity index (χ4n) is 2.63. The van der Waals surface area contributed by atoms with Crippen LogP contribution in [-0.4, -0.2) is 28.4 Å². The normalized spacial score (nSPS) is 29.0. The quantitative estimate of drug-likeness (QED) is 0.633. The van der Waals surface area contributed by atoms with E-state index in [1.54, 1.807) is 6.92 Å². The zero-order chi connectivity index (χ0) is 15.7. The minimum absolute atomic E-state index is 0.311. The number of nitrogens with one attached hydrogen (secondary N) is 1. The van der Waals surface area contributed by atoms with Gasteiger partial charge in [0, 0.05) is 6.42 Å². The lowest BCUT2D eigenvalue weighted by molar-refractivity contribution is -0.153. The Hall–Kier alpha value is -0.990. The molecule has 0 bridgehead atoms. The van der Waals surface area contributed by atoms with E-state index in [9.17, 15) is 14.9 Å². The summed E-state index contributed by atoms with van der Waals surface area (Å²) in [6.07, 6.45) is 4.46. The van der Waals surface area contributed by atoms with Crippen molar-refractivity contribution in [2.75, 3.05) is 6.61 Å². The van der Waals surface area contributed by atoms with E-state index in [-0.39, 0.29) is 0 Å². The van der Waals surface area contributed by atoms with E-state index in [1.165, 1.54) is 0 Å². The summed E-state index contributed by atoms with van der Waals surface area (Å²) < 4.78 is 3.85. The molecule has 2 aliphatic carbocycles. The predicted octanol–water partition coefficient (Wildman–Crippen LogP) is 2.46. The second-order valence-electron chi connectivity index (χ2n) is 6.09. The fourth-order valence-corrected chi connectivity index (χ4v) is 3.32. The highest BCUT2D eigenvalue weighted by atomic mass is 35.5. The Morgan fingerprint density at radius 2 is 1.86 bits per heavy atom. The second kappa shape index (κ2) is 5.66. The molecular formula is C14H18Cl2N2O3. The van der Waals surface area contributed by atoms with Crippen molar-refractivity contribution in [3.63, 3.8) is 0 Å². The van der Waals surface area contributed by atoms with Gasteiger partial charge in [-0.3, -0.25) is 9.59 Å². The number of hydrogen-bond acceptors (Lipinski definition) is 4. The third kappa shape index (κ3) is 3.27. The first kappa shape index (κ1) is 16.4. The minimum Gasteiger partial charge on any atom is -0.455 e. The molecule has 0 aromatic heterocycles. The monoisotopic (exact) mass is 332 g/mol. The van der Waals surface area contributed by atoms with Crippen molar-refractivity contribution in [2.45, 2.75) is 55.3 Å². The van der Waals surface area contributed by atoms with E-state index >= 15 is 0 Å². The molecular weight excluding hydrogens is 315 g/mol. The first-order valence-electron chi connectivity index (χ1n) is 7.02. The summed E-state index contributed by atoms with van der Waals surface area (Å²) in [7, 11) is 0. The van der Waals surface area contributed by atoms with Crippen molar-refractivity contribution in [1.29, 1.82) is 5.26 Å². The maximum absolute atomic E-state index is 11.9. The number of ether oxygens (including phenoxy) is 1. The fraction of sp³-hybridized carbons (Fsp3) is 0.786. The van der Waals surface area contributed by atoms with Crippen LogP contribution in [0.25, 0.3) is 0 Å². The van der Waals surface area contributed by atoms with Crippen LogP contribution in [0.5, 0.6) is 0 Å². The first-order chi connectivity index (χ1) is 9.75. The Labute approximate surface area is 133 Å². The molecule has 0 aromatic carbocycles. The first-order valence-corrected chi connectivity index (χ1v) is 7.78. The van der Waals surface area contributed by atoms with Crippen molar-refractivity contribution in [2.24, 2.45) is 5.41 Å². The van der Waals surface area contributed by atoms with Crippen LogP contribution in [0.1, 0.15) is 45.4 Å². The SMILES string of the molecule is C[C@@]1(C(=O)OCC(=O)NC2(C#N)CCCCC2)CC1(Cl)Cl. The van der Waals surface area contributed by atoms with Gasteiger partial charge in [-0.2, -0.15) is 5.26 Å². The van der Waals surface area contributed by atoms with Gasteiger partial charge in [-0.1, -0.05) is 19.3 Å². The highest BCUT2D eigenvalue weighted by Gasteiger charge is 2.69. The average Bonchev–Trinajstić information content (AvgIpc) is 2.97. The lowest BCUT2D eigenvalue weighted by Crippen LogP contribution is -2.50. The van der Waals surface area contributed by atoms with Gasteiger partial charge < -0.3 is 10.1 Å². The van der Waals surface area contributed by atoms with Crippen molar-refractivity contribution in [1.82, 2.24) is 5.32 Å². The maximum atomic E-state index is 11.9. The van der Waals surface area contributed by atoms with E-state index in [2.05, 4.69) is 11.4 Å². The summed E-state index contributed by atoms with van der Waals surface area (Å²) in [6.45, 7) is 1.19. The zero-order valence-electron chi connectivity index (χ0n) is 11.9. The molecule has 7 heteroatoms. The van der Waals surface area contributed by atoms with E-state index in [1.807, 2.05) is 0 Å². The molecule has 1 N–H and O–H groups in total. The largest absolute Gasteiger partial charge is 0.455 e. The van der Waals surface area contributed by atoms with Gasteiger partial charge >= 0.3 is 5.97 Å². The lowest BCUT2D eigenvalue weighted by Gasteiger charge is -2.31. The van der Waals surface area contributed by atoms with Crippen molar-refractivity contribution < 1.29 is 14.3 Å². The van der Waals surface area contributed by atoms with Gasteiger partial charge in [0.2, 0.25) is 0 Å². The zero-order valence-corrected chi connectivity index (χ0v) is 13.4. The standard InChI is InChI=1S/C14H18Cl2N2O3/c1-12(8-14(12,15)16)11(20)21-7-10(19)18-13(9-17)5-3-2-4-6-13/h2-8H2,1H3,(H,18,19)/t12-/m0/s1. The molecule has 2 saturated carbocycles. The highest BCUT2D eigenvalue weighted by molar-refractivity contribution is 6.53. The van der Waals surface area contributed by atoms with Gasteiger partial charge in [0.05, 0.1) is 6.07 Å². The Balaban J connectivity index is 1.83. The van der Waals surface area contributed by atoms with Crippen molar-refractivity contribution >= 4 is 35.1 Å². The van der Waals surface area contributed by atoms with Crippen LogP contribution in [0.2, 0.25) is 0 Å². The molecule has 0 spiro atoms. The van der Waals surface area contributed by atoms with Gasteiger partial charge in [0.15, 0.2) is 6.61 Å². The number of esters is 1. The molecule has 116 valence electrons. The number of rotatable bonds is 4. The Morgan fingerprint density at radius 1 is 1.29 bits per heavy atom. The maximum Gasteiger partial charge on any atom is 0.315 e. The van der Waals surface area contributed by atoms with Crippen LogP contribution < -0.4 is 5.32 Å². The van der Waals surface area contributed by atoms with Crippen molar-refractivity contribution in [3.8, 4) is 6.07 Å². The summed E-state index contributed by atoms with van der Waals surface area (Å²) in [5, 5.41) is 12.0. The highest BCUT2D eigenvalue weighted by Crippen LogP contribution is 2.64. The van der Waals surface area contributed by atoms with Crippen LogP contribution >= 0.6 is 23.2 Å². The minimum atomic E-state index is -1.11. The molecule has 0 saturated heterocycles. The second-order valence-corrected chi connectivity index (χ2v) is 7.58. The summed E-state index contributed by atoms with van der Waals surface area (Å²) >= 11 is 11.8. The Kier molecular flexibility index (Phi) is 4.41. The number of hydrogen-bond donors (Lipinski definition) is 1. The third-order valence-corrected chi connectivity index (χ3v) is 5.44. The molecule has 0 radical (unpaired) electrons. The number of carbonyl (C=O) groups excluding carboxylic acids is 2. The molecule has 0 aromatic rings. The van der Waals surface area contributed by atoms with Crippen molar-refractivity contribution in [3.05, 3.63) is 0 Å². The molecule has 2 rings (SSSR count). The molecule has 0 heterocycles. The molecule has 21 heavy (non-hydrogen) atoms. The Morgan fingerprint density at radius 3 is 2.33 bits per heavy atom. The number of nitrogens with zero attached hydrogens (tertiary/aromatic N) is 1. The molecule has 2 fully saturated rings. The van der Waals surface area contributed by atoms with Crippen LogP contribution in [0, 0.1) is 16.7 Å². The number of carbonyl (C=O) groups is 2. The topological polar surface area (TPSA) is 79.2 Å². The van der Waals surface area contributed by atoms with Gasteiger partial charge in [-0.05, 0) is 19.8 Å². The molecule has 0 unspecified atom stereocenters. The van der Waals surface area contributed by atoms with Gasteiger partial charge in [-0.25, -0.2) is 0 Å². The van der Waals surface area contributed by atoms with E-state index in [4.69, 9.17) is 27.9 Å². The van der Waals surface area contributed by atoms with Gasteiger partial charge in [0.1, 0.15) is 15.3 Å². The van der Waals surface area contributed by atoms with Gasteiger partial charge in [-0.15, -0.1) is 23.2 Å². The predicted molar refractivity (Wildman–Crippen MR) is 77.7 cm³/mol.